The standard InChI is InChI=1S/C28H38NO3.BrH/c30-28(25-11-7-8-12-25,24-9-3-1-4-10-24)22-32-27-21-29(17-15-23(27)16-18-29)19-20-31-26-13-5-2-6-14-26;/h1-6,9-10,13-14,23,25,27,30H,7-8,11-12,15-22H2;1H/q+1;/p-1/t23?,27-,28?,29?;/m1./s1. The molecule has 2 bridgehead atoms. The molecule has 1 aliphatic carbocycles. The lowest BCUT2D eigenvalue weighted by Crippen LogP contribution is -3.00. The SMILES string of the molecule is OC(CO[C@@H]1C[N+]2(CCOc3ccccc3)CCC1CC2)(c1ccccc1)C1CCCC1.[Br-]. The Hall–Kier alpha value is -1.40. The fraction of sp³-hybridized carbons (Fsp3) is 0.571. The molecule has 4 nitrogen and oxygen atoms in total. The van der Waals surface area contributed by atoms with E-state index in [9.17, 15) is 5.11 Å². The van der Waals surface area contributed by atoms with Gasteiger partial charge in [0, 0.05) is 18.8 Å². The molecule has 0 amide bonds. The van der Waals surface area contributed by atoms with Crippen molar-refractivity contribution in [3.63, 3.8) is 0 Å². The van der Waals surface area contributed by atoms with Crippen LogP contribution in [0, 0.1) is 11.8 Å². The number of hydrogen-bond acceptors (Lipinski definition) is 3. The molecule has 0 radical (unpaired) electrons. The van der Waals surface area contributed by atoms with E-state index in [1.54, 1.807) is 0 Å². The monoisotopic (exact) mass is 515 g/mol. The molecule has 2 atom stereocenters. The third-order valence-electron chi connectivity index (χ3n) is 8.44. The van der Waals surface area contributed by atoms with Crippen molar-refractivity contribution < 1.29 is 36.0 Å². The maximum Gasteiger partial charge on any atom is 0.137 e. The van der Waals surface area contributed by atoms with E-state index in [4.69, 9.17) is 9.47 Å². The van der Waals surface area contributed by atoms with Crippen LogP contribution in [0.3, 0.4) is 0 Å². The quantitative estimate of drug-likeness (QED) is 0.517. The summed E-state index contributed by atoms with van der Waals surface area (Å²) in [6.45, 7) is 5.72. The van der Waals surface area contributed by atoms with Crippen molar-refractivity contribution in [2.75, 3.05) is 39.4 Å². The molecule has 4 fully saturated rings. The Morgan fingerprint density at radius 1 is 0.879 bits per heavy atom. The van der Waals surface area contributed by atoms with Crippen molar-refractivity contribution in [1.82, 2.24) is 0 Å². The van der Waals surface area contributed by atoms with Crippen LogP contribution < -0.4 is 21.7 Å². The van der Waals surface area contributed by atoms with Gasteiger partial charge in [0.2, 0.25) is 0 Å². The number of para-hydroxylation sites is 1. The number of hydrogen-bond donors (Lipinski definition) is 1. The second-order valence-corrected chi connectivity index (χ2v) is 10.3. The van der Waals surface area contributed by atoms with E-state index in [1.807, 2.05) is 48.5 Å². The van der Waals surface area contributed by atoms with E-state index >= 15 is 0 Å². The number of aliphatic hydroxyl groups is 1. The Bertz CT molecular complexity index is 850. The first-order valence-corrected chi connectivity index (χ1v) is 12.6. The molecule has 1 N–H and O–H groups in total. The zero-order valence-electron chi connectivity index (χ0n) is 19.6. The molecule has 5 heteroatoms. The molecule has 3 heterocycles. The highest BCUT2D eigenvalue weighted by molar-refractivity contribution is 5.24. The van der Waals surface area contributed by atoms with E-state index in [2.05, 4.69) is 12.1 Å². The first-order chi connectivity index (χ1) is 15.7. The summed E-state index contributed by atoms with van der Waals surface area (Å²) in [4.78, 5) is 0. The van der Waals surface area contributed by atoms with Crippen LogP contribution in [0.5, 0.6) is 5.75 Å². The zero-order valence-corrected chi connectivity index (χ0v) is 21.2. The molecule has 3 aliphatic heterocycles. The fourth-order valence-electron chi connectivity index (χ4n) is 6.40. The first-order valence-electron chi connectivity index (χ1n) is 12.6. The van der Waals surface area contributed by atoms with Gasteiger partial charge in [-0.2, -0.15) is 0 Å². The van der Waals surface area contributed by atoms with Crippen LogP contribution in [-0.4, -0.2) is 55.1 Å². The van der Waals surface area contributed by atoms with E-state index in [-0.39, 0.29) is 23.1 Å². The van der Waals surface area contributed by atoms with Crippen molar-refractivity contribution in [2.24, 2.45) is 11.8 Å². The van der Waals surface area contributed by atoms with Crippen molar-refractivity contribution in [2.45, 2.75) is 50.2 Å². The lowest BCUT2D eigenvalue weighted by Gasteiger charge is -2.52. The lowest BCUT2D eigenvalue weighted by molar-refractivity contribution is -0.946. The Morgan fingerprint density at radius 3 is 2.18 bits per heavy atom. The molecular formula is C28H38BrNO3. The molecule has 2 aromatic carbocycles. The molecule has 6 rings (SSSR count). The van der Waals surface area contributed by atoms with Gasteiger partial charge in [-0.3, -0.25) is 0 Å². The second-order valence-electron chi connectivity index (χ2n) is 10.3. The average molecular weight is 517 g/mol. The second kappa shape index (κ2) is 10.9. The van der Waals surface area contributed by atoms with Crippen LogP contribution in [0.1, 0.15) is 44.1 Å². The van der Waals surface area contributed by atoms with E-state index in [0.717, 1.165) is 48.3 Å². The smallest absolute Gasteiger partial charge is 0.137 e. The predicted molar refractivity (Wildman–Crippen MR) is 126 cm³/mol. The number of fused-ring (bicyclic) bond motifs is 3. The summed E-state index contributed by atoms with van der Waals surface area (Å²) in [5.74, 6) is 1.89. The minimum atomic E-state index is -0.870. The molecule has 33 heavy (non-hydrogen) atoms. The largest absolute Gasteiger partial charge is 1.00 e. The normalized spacial score (nSPS) is 28.8. The summed E-state index contributed by atoms with van der Waals surface area (Å²) in [5, 5.41) is 11.9. The summed E-state index contributed by atoms with van der Waals surface area (Å²) in [7, 11) is 0. The topological polar surface area (TPSA) is 38.7 Å². The summed E-state index contributed by atoms with van der Waals surface area (Å²) >= 11 is 0. The van der Waals surface area contributed by atoms with Crippen molar-refractivity contribution >= 4 is 0 Å². The van der Waals surface area contributed by atoms with Crippen LogP contribution in [0.15, 0.2) is 60.7 Å². The highest BCUT2D eigenvalue weighted by Crippen LogP contribution is 2.42. The lowest BCUT2D eigenvalue weighted by atomic mass is 9.80. The van der Waals surface area contributed by atoms with Gasteiger partial charge in [0.25, 0.3) is 0 Å². The molecule has 0 aromatic heterocycles. The molecule has 3 saturated heterocycles. The Balaban J connectivity index is 0.00000259. The van der Waals surface area contributed by atoms with Gasteiger partial charge in [0.1, 0.15) is 37.2 Å². The molecule has 1 saturated carbocycles. The maximum atomic E-state index is 11.9. The number of benzene rings is 2. The van der Waals surface area contributed by atoms with Gasteiger partial charge >= 0.3 is 0 Å². The van der Waals surface area contributed by atoms with Crippen LogP contribution in [0.4, 0.5) is 0 Å². The average Bonchev–Trinajstić information content (AvgIpc) is 3.40. The number of halogens is 1. The van der Waals surface area contributed by atoms with Gasteiger partial charge < -0.3 is 36.0 Å². The van der Waals surface area contributed by atoms with Crippen molar-refractivity contribution in [3.05, 3.63) is 66.2 Å². The van der Waals surface area contributed by atoms with Crippen LogP contribution in [0.25, 0.3) is 0 Å². The van der Waals surface area contributed by atoms with E-state index in [0.29, 0.717) is 18.4 Å². The summed E-state index contributed by atoms with van der Waals surface area (Å²) < 4.78 is 13.8. The van der Waals surface area contributed by atoms with Gasteiger partial charge in [0.15, 0.2) is 0 Å². The molecular weight excluding hydrogens is 478 g/mol. The highest BCUT2D eigenvalue weighted by atomic mass is 79.9. The number of ether oxygens (including phenoxy) is 2. The number of nitrogens with zero attached hydrogens (tertiary/aromatic N) is 1. The number of piperidine rings is 3. The minimum absolute atomic E-state index is 0. The fourth-order valence-corrected chi connectivity index (χ4v) is 6.40. The van der Waals surface area contributed by atoms with Gasteiger partial charge in [-0.1, -0.05) is 61.4 Å². The number of rotatable bonds is 9. The minimum Gasteiger partial charge on any atom is -1.00 e. The summed E-state index contributed by atoms with van der Waals surface area (Å²) in [5.41, 5.74) is 0.152. The predicted octanol–water partition coefficient (Wildman–Crippen LogP) is 1.77. The van der Waals surface area contributed by atoms with Crippen molar-refractivity contribution in [1.29, 1.82) is 0 Å². The number of quaternary nitrogens is 1. The first kappa shape index (κ1) is 24.7. The zero-order chi connectivity index (χ0) is 21.9. The highest BCUT2D eigenvalue weighted by Gasteiger charge is 2.48. The van der Waals surface area contributed by atoms with Crippen LogP contribution in [0.2, 0.25) is 0 Å². The summed E-state index contributed by atoms with van der Waals surface area (Å²) in [6.07, 6.45) is 7.32. The van der Waals surface area contributed by atoms with E-state index in [1.165, 1.54) is 38.8 Å². The van der Waals surface area contributed by atoms with Gasteiger partial charge in [-0.15, -0.1) is 0 Å². The Morgan fingerprint density at radius 2 is 1.52 bits per heavy atom. The van der Waals surface area contributed by atoms with E-state index < -0.39 is 5.60 Å². The molecule has 4 aliphatic rings. The van der Waals surface area contributed by atoms with Gasteiger partial charge in [-0.05, 0) is 36.5 Å². The summed E-state index contributed by atoms with van der Waals surface area (Å²) in [6, 6.07) is 20.4. The van der Waals surface area contributed by atoms with Gasteiger partial charge in [0.05, 0.1) is 19.7 Å². The molecule has 2 aromatic rings. The third kappa shape index (κ3) is 5.48. The molecule has 180 valence electrons. The van der Waals surface area contributed by atoms with Crippen molar-refractivity contribution in [3.8, 4) is 5.75 Å². The third-order valence-corrected chi connectivity index (χ3v) is 8.44. The molecule has 0 spiro atoms. The van der Waals surface area contributed by atoms with Crippen LogP contribution in [-0.2, 0) is 10.3 Å². The Labute approximate surface area is 209 Å². The van der Waals surface area contributed by atoms with Crippen LogP contribution >= 0.6 is 0 Å². The maximum absolute atomic E-state index is 11.9. The van der Waals surface area contributed by atoms with Gasteiger partial charge in [-0.25, -0.2) is 0 Å². The molecule has 1 unspecified atom stereocenters. The Kier molecular flexibility index (Phi) is 8.16.